The van der Waals surface area contributed by atoms with Gasteiger partial charge in [-0.05, 0) is 25.0 Å². The Morgan fingerprint density at radius 3 is 2.72 bits per heavy atom. The van der Waals surface area contributed by atoms with Crippen molar-refractivity contribution in [2.75, 3.05) is 19.6 Å². The van der Waals surface area contributed by atoms with Crippen molar-refractivity contribution in [2.45, 2.75) is 57.7 Å². The van der Waals surface area contributed by atoms with Crippen LogP contribution >= 0.6 is 0 Å². The Kier molecular flexibility index (Phi) is 5.29. The van der Waals surface area contributed by atoms with Gasteiger partial charge in [-0.1, -0.05) is 31.5 Å². The number of rotatable bonds is 5. The van der Waals surface area contributed by atoms with E-state index < -0.39 is 0 Å². The zero-order chi connectivity index (χ0) is 17.9. The van der Waals surface area contributed by atoms with Crippen LogP contribution in [0.4, 0.5) is 4.79 Å². The van der Waals surface area contributed by atoms with Crippen LogP contribution in [0.15, 0.2) is 24.3 Å². The molecule has 1 aromatic carbocycles. The Hall–Kier alpha value is -2.06. The molecule has 2 aliphatic rings. The number of carbonyl (C=O) groups excluding carboxylic acids is 1. The Morgan fingerprint density at radius 1 is 1.32 bits per heavy atom. The fraction of sp³-hybridized carbons (Fsp3) is 0.600. The van der Waals surface area contributed by atoms with E-state index in [9.17, 15) is 10.1 Å². The van der Waals surface area contributed by atoms with Gasteiger partial charge in [0.1, 0.15) is 5.60 Å². The molecule has 1 atom stereocenters. The Labute approximate surface area is 150 Å². The fourth-order valence-corrected chi connectivity index (χ4v) is 3.95. The SMILES string of the molecule is CCC[C@H](C)N1CC2(CCN(Cc3ccccc3C#N)CC2)OC1=O. The van der Waals surface area contributed by atoms with Gasteiger partial charge in [0.15, 0.2) is 0 Å². The van der Waals surface area contributed by atoms with Gasteiger partial charge < -0.3 is 9.64 Å². The molecule has 5 nitrogen and oxygen atoms in total. The van der Waals surface area contributed by atoms with Gasteiger partial charge in [-0.15, -0.1) is 0 Å². The molecular weight excluding hydrogens is 314 g/mol. The highest BCUT2D eigenvalue weighted by Crippen LogP contribution is 2.35. The maximum absolute atomic E-state index is 12.3. The second kappa shape index (κ2) is 7.45. The average Bonchev–Trinajstić information content (AvgIpc) is 2.94. The summed E-state index contributed by atoms with van der Waals surface area (Å²) in [7, 11) is 0. The summed E-state index contributed by atoms with van der Waals surface area (Å²) in [5.41, 5.74) is 1.50. The van der Waals surface area contributed by atoms with Gasteiger partial charge in [0.05, 0.1) is 18.2 Å². The minimum Gasteiger partial charge on any atom is -0.441 e. The molecule has 0 radical (unpaired) electrons. The molecule has 1 spiro atoms. The van der Waals surface area contributed by atoms with E-state index in [1.807, 2.05) is 29.2 Å². The summed E-state index contributed by atoms with van der Waals surface area (Å²) in [6, 6.07) is 10.3. The fourth-order valence-electron chi connectivity index (χ4n) is 3.95. The smallest absolute Gasteiger partial charge is 0.410 e. The van der Waals surface area contributed by atoms with Crippen molar-refractivity contribution in [3.63, 3.8) is 0 Å². The topological polar surface area (TPSA) is 56.6 Å². The summed E-state index contributed by atoms with van der Waals surface area (Å²) in [6.07, 6.45) is 3.67. The quantitative estimate of drug-likeness (QED) is 0.822. The first-order valence-electron chi connectivity index (χ1n) is 9.27. The lowest BCUT2D eigenvalue weighted by molar-refractivity contribution is -0.00133. The third-order valence-corrected chi connectivity index (χ3v) is 5.53. The third-order valence-electron chi connectivity index (χ3n) is 5.53. The molecule has 2 heterocycles. The van der Waals surface area contributed by atoms with E-state index >= 15 is 0 Å². The van der Waals surface area contributed by atoms with Crippen molar-refractivity contribution in [1.29, 1.82) is 5.26 Å². The van der Waals surface area contributed by atoms with E-state index in [0.29, 0.717) is 0 Å². The monoisotopic (exact) mass is 341 g/mol. The third kappa shape index (κ3) is 3.80. The number of ether oxygens (including phenoxy) is 1. The number of likely N-dealkylation sites (tertiary alicyclic amines) is 1. The molecule has 2 aliphatic heterocycles. The molecule has 0 N–H and O–H groups in total. The number of hydrogen-bond acceptors (Lipinski definition) is 4. The molecule has 5 heteroatoms. The van der Waals surface area contributed by atoms with E-state index in [1.54, 1.807) is 0 Å². The van der Waals surface area contributed by atoms with E-state index in [4.69, 9.17) is 4.74 Å². The molecule has 134 valence electrons. The van der Waals surface area contributed by atoms with Gasteiger partial charge in [-0.3, -0.25) is 4.90 Å². The van der Waals surface area contributed by atoms with Gasteiger partial charge in [0.25, 0.3) is 0 Å². The Balaban J connectivity index is 1.59. The van der Waals surface area contributed by atoms with Crippen molar-refractivity contribution in [3.05, 3.63) is 35.4 Å². The molecule has 1 amide bonds. The minimum absolute atomic E-state index is 0.149. The number of carbonyl (C=O) groups is 1. The van der Waals surface area contributed by atoms with Crippen LogP contribution in [0.3, 0.4) is 0 Å². The number of nitrogens with zero attached hydrogens (tertiary/aromatic N) is 3. The second-order valence-electron chi connectivity index (χ2n) is 7.36. The zero-order valence-electron chi connectivity index (χ0n) is 15.2. The predicted octanol–water partition coefficient (Wildman–Crippen LogP) is 3.53. The Morgan fingerprint density at radius 2 is 2.04 bits per heavy atom. The van der Waals surface area contributed by atoms with Crippen molar-refractivity contribution >= 4 is 6.09 Å². The van der Waals surface area contributed by atoms with Crippen molar-refractivity contribution in [3.8, 4) is 6.07 Å². The van der Waals surface area contributed by atoms with E-state index in [2.05, 4.69) is 24.8 Å². The number of piperidine rings is 1. The van der Waals surface area contributed by atoms with Crippen LogP contribution in [-0.2, 0) is 11.3 Å². The first-order chi connectivity index (χ1) is 12.1. The number of amides is 1. The predicted molar refractivity (Wildman–Crippen MR) is 96.0 cm³/mol. The minimum atomic E-state index is -0.315. The lowest BCUT2D eigenvalue weighted by atomic mass is 9.90. The molecule has 25 heavy (non-hydrogen) atoms. The number of benzene rings is 1. The zero-order valence-corrected chi connectivity index (χ0v) is 15.2. The molecule has 0 bridgehead atoms. The average molecular weight is 341 g/mol. The maximum atomic E-state index is 12.3. The van der Waals surface area contributed by atoms with Crippen LogP contribution < -0.4 is 0 Å². The number of nitriles is 1. The largest absolute Gasteiger partial charge is 0.441 e. The van der Waals surface area contributed by atoms with Gasteiger partial charge in [-0.25, -0.2) is 4.79 Å². The lowest BCUT2D eigenvalue weighted by Gasteiger charge is -2.37. The lowest BCUT2D eigenvalue weighted by Crippen LogP contribution is -2.47. The summed E-state index contributed by atoms with van der Waals surface area (Å²) in [4.78, 5) is 16.5. The van der Waals surface area contributed by atoms with Crippen LogP contribution in [0.5, 0.6) is 0 Å². The van der Waals surface area contributed by atoms with Crippen molar-refractivity contribution < 1.29 is 9.53 Å². The standard InChI is InChI=1S/C20H27N3O2/c1-3-6-16(2)23-15-20(25-19(23)24)9-11-22(12-10-20)14-18-8-5-4-7-17(18)13-21/h4-5,7-8,16H,3,6,9-12,14-15H2,1-2H3/t16-/m0/s1. The summed E-state index contributed by atoms with van der Waals surface area (Å²) < 4.78 is 5.82. The molecule has 2 saturated heterocycles. The molecule has 2 fully saturated rings. The van der Waals surface area contributed by atoms with Crippen LogP contribution in [0, 0.1) is 11.3 Å². The normalized spacial score (nSPS) is 21.2. The molecule has 3 rings (SSSR count). The first kappa shape index (κ1) is 17.8. The molecule has 0 unspecified atom stereocenters. The highest BCUT2D eigenvalue weighted by Gasteiger charge is 2.47. The molecule has 0 saturated carbocycles. The number of hydrogen-bond donors (Lipinski definition) is 0. The van der Waals surface area contributed by atoms with Crippen LogP contribution in [0.25, 0.3) is 0 Å². The van der Waals surface area contributed by atoms with Crippen LogP contribution in [0.1, 0.15) is 50.7 Å². The second-order valence-corrected chi connectivity index (χ2v) is 7.36. The van der Waals surface area contributed by atoms with Crippen molar-refractivity contribution in [1.82, 2.24) is 9.80 Å². The van der Waals surface area contributed by atoms with E-state index in [0.717, 1.165) is 63.0 Å². The van der Waals surface area contributed by atoms with E-state index in [1.165, 1.54) is 0 Å². The van der Waals surface area contributed by atoms with Gasteiger partial charge in [0, 0.05) is 38.5 Å². The van der Waals surface area contributed by atoms with Crippen LogP contribution in [0.2, 0.25) is 0 Å². The molecular formula is C20H27N3O2. The molecule has 0 aliphatic carbocycles. The van der Waals surface area contributed by atoms with E-state index in [-0.39, 0.29) is 17.7 Å². The summed E-state index contributed by atoms with van der Waals surface area (Å²) in [6.45, 7) is 7.54. The highest BCUT2D eigenvalue weighted by molar-refractivity contribution is 5.71. The van der Waals surface area contributed by atoms with Gasteiger partial charge in [0.2, 0.25) is 0 Å². The summed E-state index contributed by atoms with van der Waals surface area (Å²) in [5, 5.41) is 9.24. The van der Waals surface area contributed by atoms with Gasteiger partial charge >= 0.3 is 6.09 Å². The summed E-state index contributed by atoms with van der Waals surface area (Å²) >= 11 is 0. The maximum Gasteiger partial charge on any atom is 0.410 e. The summed E-state index contributed by atoms with van der Waals surface area (Å²) in [5.74, 6) is 0. The first-order valence-corrected chi connectivity index (χ1v) is 9.27. The molecule has 1 aromatic rings. The van der Waals surface area contributed by atoms with Crippen molar-refractivity contribution in [2.24, 2.45) is 0 Å². The van der Waals surface area contributed by atoms with Gasteiger partial charge in [-0.2, -0.15) is 5.26 Å². The Bertz CT molecular complexity index is 659. The van der Waals surface area contributed by atoms with Crippen LogP contribution in [-0.4, -0.2) is 47.2 Å². The molecule has 0 aromatic heterocycles. The highest BCUT2D eigenvalue weighted by atomic mass is 16.6.